The molecule has 1 aromatic heterocycles. The summed E-state index contributed by atoms with van der Waals surface area (Å²) in [5.74, 6) is 0.567. The highest BCUT2D eigenvalue weighted by molar-refractivity contribution is 5.68. The topological polar surface area (TPSA) is 89.0 Å². The van der Waals surface area contributed by atoms with E-state index in [9.17, 15) is 9.59 Å². The van der Waals surface area contributed by atoms with E-state index in [1.165, 1.54) is 0 Å². The molecule has 1 aliphatic heterocycles. The van der Waals surface area contributed by atoms with Gasteiger partial charge in [0.1, 0.15) is 5.60 Å². The van der Waals surface area contributed by atoms with Crippen LogP contribution in [0.5, 0.6) is 0 Å². The van der Waals surface area contributed by atoms with Crippen LogP contribution in [0.25, 0.3) is 0 Å². The molecule has 0 spiro atoms. The highest BCUT2D eigenvalue weighted by Gasteiger charge is 2.27. The van der Waals surface area contributed by atoms with Crippen molar-refractivity contribution in [3.63, 3.8) is 0 Å². The van der Waals surface area contributed by atoms with Crippen molar-refractivity contribution in [2.75, 3.05) is 0 Å². The first-order valence-electron chi connectivity index (χ1n) is 6.01. The van der Waals surface area contributed by atoms with Crippen LogP contribution in [-0.2, 0) is 11.3 Å². The van der Waals surface area contributed by atoms with E-state index in [1.54, 1.807) is 25.3 Å². The Labute approximate surface area is 105 Å². The lowest BCUT2D eigenvalue weighted by Crippen LogP contribution is -2.38. The first-order valence-corrected chi connectivity index (χ1v) is 6.01. The van der Waals surface area contributed by atoms with Crippen molar-refractivity contribution in [3.8, 4) is 0 Å². The van der Waals surface area contributed by atoms with Gasteiger partial charge in [0.25, 0.3) is 0 Å². The van der Waals surface area contributed by atoms with E-state index >= 15 is 0 Å². The van der Waals surface area contributed by atoms with Crippen LogP contribution in [0.1, 0.15) is 45.5 Å². The maximum Gasteiger partial charge on any atom is 0.408 e. The van der Waals surface area contributed by atoms with Crippen LogP contribution in [0.2, 0.25) is 0 Å². The van der Waals surface area contributed by atoms with Crippen molar-refractivity contribution < 1.29 is 9.53 Å². The van der Waals surface area contributed by atoms with Crippen LogP contribution in [0.3, 0.4) is 0 Å². The SMILES string of the molecule is CC(C)(C)OC(=O)NC1CCCn2c1n[nH]c2=O. The molecule has 1 unspecified atom stereocenters. The number of hydrogen-bond acceptors (Lipinski definition) is 4. The van der Waals surface area contributed by atoms with E-state index < -0.39 is 11.7 Å². The van der Waals surface area contributed by atoms with Crippen molar-refractivity contribution in [3.05, 3.63) is 16.3 Å². The van der Waals surface area contributed by atoms with Crippen LogP contribution in [0.4, 0.5) is 4.79 Å². The molecule has 0 saturated carbocycles. The Morgan fingerprint density at radius 1 is 1.56 bits per heavy atom. The van der Waals surface area contributed by atoms with Gasteiger partial charge in [-0.1, -0.05) is 0 Å². The van der Waals surface area contributed by atoms with Crippen molar-refractivity contribution in [2.24, 2.45) is 0 Å². The van der Waals surface area contributed by atoms with Gasteiger partial charge in [-0.05, 0) is 33.6 Å². The number of aromatic nitrogens is 3. The summed E-state index contributed by atoms with van der Waals surface area (Å²) in [6, 6.07) is -0.271. The summed E-state index contributed by atoms with van der Waals surface area (Å²) < 4.78 is 6.73. The van der Waals surface area contributed by atoms with Gasteiger partial charge in [-0.15, -0.1) is 0 Å². The van der Waals surface area contributed by atoms with Crippen LogP contribution in [0.15, 0.2) is 4.79 Å². The second-order valence-electron chi connectivity index (χ2n) is 5.38. The fourth-order valence-electron chi connectivity index (χ4n) is 1.98. The number of amides is 1. The fourth-order valence-corrected chi connectivity index (χ4v) is 1.98. The lowest BCUT2D eigenvalue weighted by atomic mass is 10.1. The quantitative estimate of drug-likeness (QED) is 0.780. The summed E-state index contributed by atoms with van der Waals surface area (Å²) in [7, 11) is 0. The van der Waals surface area contributed by atoms with Gasteiger partial charge in [0.15, 0.2) is 5.82 Å². The molecule has 7 nitrogen and oxygen atoms in total. The van der Waals surface area contributed by atoms with Gasteiger partial charge in [-0.3, -0.25) is 4.57 Å². The molecule has 2 N–H and O–H groups in total. The predicted octanol–water partition coefficient (Wildman–Crippen LogP) is 0.931. The smallest absolute Gasteiger partial charge is 0.408 e. The molecule has 100 valence electrons. The molecule has 1 aliphatic rings. The molecule has 0 radical (unpaired) electrons. The minimum absolute atomic E-state index is 0.235. The third-order valence-corrected chi connectivity index (χ3v) is 2.66. The number of fused-ring (bicyclic) bond motifs is 1. The largest absolute Gasteiger partial charge is 0.444 e. The van der Waals surface area contributed by atoms with Crippen molar-refractivity contribution in [2.45, 2.75) is 51.8 Å². The molecule has 0 fully saturated rings. The molecular formula is C11H18N4O3. The predicted molar refractivity (Wildman–Crippen MR) is 64.2 cm³/mol. The van der Waals surface area contributed by atoms with Gasteiger partial charge in [0.05, 0.1) is 6.04 Å². The summed E-state index contributed by atoms with van der Waals surface area (Å²) in [5.41, 5.74) is -0.773. The van der Waals surface area contributed by atoms with Crippen LogP contribution in [0, 0.1) is 0 Å². The Morgan fingerprint density at radius 2 is 2.28 bits per heavy atom. The number of aromatic amines is 1. The molecule has 0 aromatic carbocycles. The zero-order chi connectivity index (χ0) is 13.3. The standard InChI is InChI=1S/C11H18N4O3/c1-11(2,3)18-10(17)12-7-5-4-6-15-8(7)13-14-9(15)16/h7H,4-6H2,1-3H3,(H,12,17)(H,14,16). The molecule has 2 rings (SSSR count). The van der Waals surface area contributed by atoms with Gasteiger partial charge >= 0.3 is 11.8 Å². The second kappa shape index (κ2) is 4.47. The highest BCUT2D eigenvalue weighted by Crippen LogP contribution is 2.21. The van der Waals surface area contributed by atoms with E-state index in [0.717, 1.165) is 12.8 Å². The van der Waals surface area contributed by atoms with E-state index in [4.69, 9.17) is 4.74 Å². The molecular weight excluding hydrogens is 236 g/mol. The lowest BCUT2D eigenvalue weighted by molar-refractivity contribution is 0.0493. The van der Waals surface area contributed by atoms with Crippen molar-refractivity contribution in [1.82, 2.24) is 20.1 Å². The first kappa shape index (κ1) is 12.7. The Balaban J connectivity index is 2.08. The lowest BCUT2D eigenvalue weighted by Gasteiger charge is -2.25. The number of alkyl carbamates (subject to hydrolysis) is 1. The van der Waals surface area contributed by atoms with Gasteiger partial charge in [-0.2, -0.15) is 5.10 Å². The van der Waals surface area contributed by atoms with Crippen LogP contribution in [-0.4, -0.2) is 26.5 Å². The Hall–Kier alpha value is -1.79. The minimum Gasteiger partial charge on any atom is -0.444 e. The average molecular weight is 254 g/mol. The highest BCUT2D eigenvalue weighted by atomic mass is 16.6. The summed E-state index contributed by atoms with van der Waals surface area (Å²) in [5, 5.41) is 9.08. The van der Waals surface area contributed by atoms with Gasteiger partial charge < -0.3 is 10.1 Å². The van der Waals surface area contributed by atoms with E-state index in [0.29, 0.717) is 12.4 Å². The summed E-state index contributed by atoms with van der Waals surface area (Å²) in [6.45, 7) is 6.05. The Kier molecular flexibility index (Phi) is 3.14. The third kappa shape index (κ3) is 2.72. The molecule has 0 saturated heterocycles. The average Bonchev–Trinajstić information content (AvgIpc) is 2.59. The molecule has 18 heavy (non-hydrogen) atoms. The molecule has 1 aromatic rings. The summed E-state index contributed by atoms with van der Waals surface area (Å²) in [6.07, 6.45) is 1.09. The first-order chi connectivity index (χ1) is 8.37. The number of rotatable bonds is 1. The number of hydrogen-bond donors (Lipinski definition) is 2. The maximum atomic E-state index is 11.7. The number of H-pyrrole nitrogens is 1. The molecule has 7 heteroatoms. The fraction of sp³-hybridized carbons (Fsp3) is 0.727. The van der Waals surface area contributed by atoms with E-state index in [2.05, 4.69) is 15.5 Å². The van der Waals surface area contributed by atoms with Crippen molar-refractivity contribution >= 4 is 6.09 Å². The number of carbonyl (C=O) groups excluding carboxylic acids is 1. The number of nitrogens with zero attached hydrogens (tertiary/aromatic N) is 2. The summed E-state index contributed by atoms with van der Waals surface area (Å²) >= 11 is 0. The number of carbonyl (C=O) groups is 1. The second-order valence-corrected chi connectivity index (χ2v) is 5.38. The minimum atomic E-state index is -0.538. The van der Waals surface area contributed by atoms with Gasteiger partial charge in [0.2, 0.25) is 0 Å². The van der Waals surface area contributed by atoms with Crippen LogP contribution >= 0.6 is 0 Å². The monoisotopic (exact) mass is 254 g/mol. The van der Waals surface area contributed by atoms with Gasteiger partial charge in [0, 0.05) is 6.54 Å². The molecule has 2 heterocycles. The van der Waals surface area contributed by atoms with Gasteiger partial charge in [-0.25, -0.2) is 14.7 Å². The molecule has 0 aliphatic carbocycles. The van der Waals surface area contributed by atoms with Crippen LogP contribution < -0.4 is 11.0 Å². The molecule has 1 amide bonds. The number of ether oxygens (including phenoxy) is 1. The van der Waals surface area contributed by atoms with E-state index in [1.807, 2.05) is 0 Å². The zero-order valence-electron chi connectivity index (χ0n) is 10.8. The normalized spacial score (nSPS) is 19.2. The van der Waals surface area contributed by atoms with E-state index in [-0.39, 0.29) is 11.7 Å². The van der Waals surface area contributed by atoms with Crippen molar-refractivity contribution in [1.29, 1.82) is 0 Å². The zero-order valence-corrected chi connectivity index (χ0v) is 10.8. The maximum absolute atomic E-state index is 11.7. The summed E-state index contributed by atoms with van der Waals surface area (Å²) in [4.78, 5) is 23.1. The number of nitrogens with one attached hydrogen (secondary N) is 2. The third-order valence-electron chi connectivity index (χ3n) is 2.66. The Bertz CT molecular complexity index is 497. The molecule has 1 atom stereocenters. The Morgan fingerprint density at radius 3 is 2.94 bits per heavy atom. The molecule has 0 bridgehead atoms.